The van der Waals surface area contributed by atoms with Crippen LogP contribution >= 0.6 is 0 Å². The quantitative estimate of drug-likeness (QED) is 0.657. The van der Waals surface area contributed by atoms with Crippen molar-refractivity contribution >= 4 is 17.6 Å². The summed E-state index contributed by atoms with van der Waals surface area (Å²) in [6.45, 7) is 8.85. The molecule has 0 aliphatic carbocycles. The highest BCUT2D eigenvalue weighted by Gasteiger charge is 2.26. The summed E-state index contributed by atoms with van der Waals surface area (Å²) in [4.78, 5) is 29.2. The molecule has 7 heteroatoms. The molecule has 1 aliphatic rings. The van der Waals surface area contributed by atoms with Crippen LogP contribution in [0.1, 0.15) is 46.5 Å². The maximum Gasteiger partial charge on any atom is 0.324 e. The Balaban J connectivity index is 1.91. The van der Waals surface area contributed by atoms with Gasteiger partial charge < -0.3 is 19.3 Å². The summed E-state index contributed by atoms with van der Waals surface area (Å²) in [6, 6.07) is 5.45. The Bertz CT molecular complexity index is 700. The second-order valence-corrected chi connectivity index (χ2v) is 8.26. The normalized spacial score (nSPS) is 15.1. The largest absolute Gasteiger partial charge is 0.497 e. The molecule has 1 heterocycles. The van der Waals surface area contributed by atoms with Gasteiger partial charge in [0.05, 0.1) is 19.9 Å². The number of piperazine rings is 1. The predicted octanol–water partition coefficient (Wildman–Crippen LogP) is 3.91. The lowest BCUT2D eigenvalue weighted by Crippen LogP contribution is -2.53. The summed E-state index contributed by atoms with van der Waals surface area (Å²) in [7, 11) is 3.26. The number of carbonyl (C=O) groups is 2. The number of nitrogens with one attached hydrogen (secondary N) is 1. The smallest absolute Gasteiger partial charge is 0.324 e. The van der Waals surface area contributed by atoms with E-state index in [0.717, 1.165) is 42.9 Å². The van der Waals surface area contributed by atoms with Crippen LogP contribution in [-0.2, 0) is 4.79 Å². The molecule has 0 aromatic heterocycles. The Labute approximate surface area is 180 Å². The number of ether oxygens (including phenoxy) is 2. The van der Waals surface area contributed by atoms with E-state index in [2.05, 4.69) is 31.0 Å². The third kappa shape index (κ3) is 6.54. The van der Waals surface area contributed by atoms with Gasteiger partial charge in [0, 0.05) is 38.2 Å². The van der Waals surface area contributed by atoms with Gasteiger partial charge in [-0.25, -0.2) is 4.79 Å². The van der Waals surface area contributed by atoms with Crippen LogP contribution < -0.4 is 19.7 Å². The van der Waals surface area contributed by atoms with Gasteiger partial charge >= 0.3 is 6.03 Å². The standard InChI is InChI=1S/C23H37N3O4/c1-6-7-18(9-8-17(2)3)22(27)24-23(28)26-14-12-25(13-15-26)20-11-10-19(29-4)16-21(20)30-5/h10-11,16-18H,6-9,12-15H2,1-5H3,(H,24,27,28)/t18-/m0/s1. The van der Waals surface area contributed by atoms with Crippen LogP contribution in [0, 0.1) is 11.8 Å². The number of nitrogens with zero attached hydrogens (tertiary/aromatic N) is 2. The first-order chi connectivity index (χ1) is 14.4. The Kier molecular flexibility index (Phi) is 9.27. The molecule has 3 amide bonds. The van der Waals surface area contributed by atoms with Crippen LogP contribution in [0.5, 0.6) is 11.5 Å². The molecule has 0 saturated carbocycles. The van der Waals surface area contributed by atoms with Gasteiger partial charge in [-0.15, -0.1) is 0 Å². The lowest BCUT2D eigenvalue weighted by atomic mass is 9.93. The van der Waals surface area contributed by atoms with Gasteiger partial charge in [-0.2, -0.15) is 0 Å². The average molecular weight is 420 g/mol. The highest BCUT2D eigenvalue weighted by molar-refractivity contribution is 5.95. The number of carbonyl (C=O) groups excluding carboxylic acids is 2. The molecule has 2 rings (SSSR count). The van der Waals surface area contributed by atoms with Gasteiger partial charge in [0.2, 0.25) is 5.91 Å². The molecule has 0 radical (unpaired) electrons. The zero-order valence-corrected chi connectivity index (χ0v) is 19.1. The topological polar surface area (TPSA) is 71.1 Å². The highest BCUT2D eigenvalue weighted by Crippen LogP contribution is 2.32. The summed E-state index contributed by atoms with van der Waals surface area (Å²) in [5.74, 6) is 1.81. The SMILES string of the molecule is CCC[C@@H](CCC(C)C)C(=O)NC(=O)N1CCN(c2ccc(OC)cc2OC)CC1. The molecule has 1 fully saturated rings. The third-order valence-electron chi connectivity index (χ3n) is 5.62. The fourth-order valence-electron chi connectivity index (χ4n) is 3.77. The first kappa shape index (κ1) is 23.8. The zero-order chi connectivity index (χ0) is 22.1. The van der Waals surface area contributed by atoms with Gasteiger partial charge in [0.1, 0.15) is 11.5 Å². The Morgan fingerprint density at radius 3 is 2.30 bits per heavy atom. The molecule has 0 bridgehead atoms. The average Bonchev–Trinajstić information content (AvgIpc) is 2.75. The Hall–Kier alpha value is -2.44. The van der Waals surface area contributed by atoms with Crippen molar-refractivity contribution < 1.29 is 19.1 Å². The van der Waals surface area contributed by atoms with Crippen molar-refractivity contribution in [1.82, 2.24) is 10.2 Å². The minimum atomic E-state index is -0.285. The number of anilines is 1. The van der Waals surface area contributed by atoms with Gasteiger partial charge in [-0.1, -0.05) is 33.6 Å². The molecule has 1 saturated heterocycles. The number of amides is 3. The van der Waals surface area contributed by atoms with E-state index in [9.17, 15) is 9.59 Å². The van der Waals surface area contributed by atoms with E-state index >= 15 is 0 Å². The summed E-state index contributed by atoms with van der Waals surface area (Å²) < 4.78 is 10.8. The van der Waals surface area contributed by atoms with E-state index in [0.29, 0.717) is 32.1 Å². The molecule has 1 N–H and O–H groups in total. The highest BCUT2D eigenvalue weighted by atomic mass is 16.5. The monoisotopic (exact) mass is 419 g/mol. The van der Waals surface area contributed by atoms with Crippen LogP contribution in [0.3, 0.4) is 0 Å². The number of rotatable bonds is 9. The van der Waals surface area contributed by atoms with Crippen LogP contribution in [-0.4, -0.2) is 57.2 Å². The van der Waals surface area contributed by atoms with Gasteiger partial charge in [-0.05, 0) is 30.9 Å². The lowest BCUT2D eigenvalue weighted by molar-refractivity contribution is -0.124. The summed E-state index contributed by atoms with van der Waals surface area (Å²) in [6.07, 6.45) is 3.58. The number of imide groups is 1. The van der Waals surface area contributed by atoms with Gasteiger partial charge in [0.15, 0.2) is 0 Å². The first-order valence-corrected chi connectivity index (χ1v) is 11.0. The molecule has 7 nitrogen and oxygen atoms in total. The Morgan fingerprint density at radius 1 is 1.03 bits per heavy atom. The van der Waals surface area contributed by atoms with E-state index < -0.39 is 0 Å². The van der Waals surface area contributed by atoms with E-state index in [1.165, 1.54) is 0 Å². The predicted molar refractivity (Wildman–Crippen MR) is 119 cm³/mol. The van der Waals surface area contributed by atoms with Crippen molar-refractivity contribution in [3.8, 4) is 11.5 Å². The number of hydrogen-bond acceptors (Lipinski definition) is 5. The Morgan fingerprint density at radius 2 is 1.73 bits per heavy atom. The summed E-state index contributed by atoms with van der Waals surface area (Å²) in [5, 5.41) is 2.64. The zero-order valence-electron chi connectivity index (χ0n) is 19.1. The second kappa shape index (κ2) is 11.7. The fourth-order valence-corrected chi connectivity index (χ4v) is 3.77. The van der Waals surface area contributed by atoms with Gasteiger partial charge in [0.25, 0.3) is 0 Å². The molecule has 168 valence electrons. The van der Waals surface area contributed by atoms with Crippen molar-refractivity contribution in [2.75, 3.05) is 45.3 Å². The second-order valence-electron chi connectivity index (χ2n) is 8.26. The number of urea groups is 1. The third-order valence-corrected chi connectivity index (χ3v) is 5.62. The molecule has 1 atom stereocenters. The lowest BCUT2D eigenvalue weighted by Gasteiger charge is -2.36. The minimum absolute atomic E-state index is 0.0915. The molecule has 30 heavy (non-hydrogen) atoms. The molecule has 1 aromatic rings. The van der Waals surface area contributed by atoms with Crippen molar-refractivity contribution in [3.63, 3.8) is 0 Å². The van der Waals surface area contributed by atoms with Crippen molar-refractivity contribution in [3.05, 3.63) is 18.2 Å². The molecular formula is C23H37N3O4. The molecule has 0 spiro atoms. The molecular weight excluding hydrogens is 382 g/mol. The van der Waals surface area contributed by atoms with Gasteiger partial charge in [-0.3, -0.25) is 10.1 Å². The van der Waals surface area contributed by atoms with Crippen molar-refractivity contribution in [1.29, 1.82) is 0 Å². The summed E-state index contributed by atoms with van der Waals surface area (Å²) >= 11 is 0. The van der Waals surface area contributed by atoms with E-state index in [1.807, 2.05) is 18.2 Å². The first-order valence-electron chi connectivity index (χ1n) is 11.0. The number of benzene rings is 1. The van der Waals surface area contributed by atoms with Crippen LogP contribution in [0.4, 0.5) is 10.5 Å². The van der Waals surface area contributed by atoms with E-state index in [1.54, 1.807) is 19.1 Å². The van der Waals surface area contributed by atoms with Crippen LogP contribution in [0.25, 0.3) is 0 Å². The molecule has 0 unspecified atom stereocenters. The number of hydrogen-bond donors (Lipinski definition) is 1. The van der Waals surface area contributed by atoms with Crippen molar-refractivity contribution in [2.45, 2.75) is 46.5 Å². The molecule has 1 aliphatic heterocycles. The maximum atomic E-state index is 12.6. The van der Waals surface area contributed by atoms with E-state index in [4.69, 9.17) is 9.47 Å². The maximum absolute atomic E-state index is 12.6. The fraction of sp³-hybridized carbons (Fsp3) is 0.652. The van der Waals surface area contributed by atoms with Crippen LogP contribution in [0.15, 0.2) is 18.2 Å². The number of methoxy groups -OCH3 is 2. The van der Waals surface area contributed by atoms with Crippen LogP contribution in [0.2, 0.25) is 0 Å². The van der Waals surface area contributed by atoms with Crippen molar-refractivity contribution in [2.24, 2.45) is 11.8 Å². The summed E-state index contributed by atoms with van der Waals surface area (Å²) in [5.41, 5.74) is 0.978. The van der Waals surface area contributed by atoms with E-state index in [-0.39, 0.29) is 17.9 Å². The molecule has 1 aromatic carbocycles. The minimum Gasteiger partial charge on any atom is -0.497 e.